The van der Waals surface area contributed by atoms with Gasteiger partial charge in [-0.15, -0.1) is 0 Å². The van der Waals surface area contributed by atoms with Crippen LogP contribution in [0.1, 0.15) is 6.23 Å². The van der Waals surface area contributed by atoms with E-state index in [9.17, 15) is 10.2 Å². The maximum atomic E-state index is 9.89. The molecule has 1 aromatic heterocycles. The molecule has 0 spiro atoms. The van der Waals surface area contributed by atoms with Crippen LogP contribution in [0.5, 0.6) is 0 Å². The second-order valence-corrected chi connectivity index (χ2v) is 4.40. The molecule has 18 heavy (non-hydrogen) atoms. The number of hydrogen-bond donors (Lipinski definition) is 3. The van der Waals surface area contributed by atoms with Crippen LogP contribution in [0.3, 0.4) is 0 Å². The molecule has 0 bridgehead atoms. The van der Waals surface area contributed by atoms with E-state index in [2.05, 4.69) is 5.10 Å². The minimum absolute atomic E-state index is 0.338. The van der Waals surface area contributed by atoms with Crippen molar-refractivity contribution in [3.63, 3.8) is 0 Å². The van der Waals surface area contributed by atoms with E-state index in [-0.39, 0.29) is 6.61 Å². The van der Waals surface area contributed by atoms with Gasteiger partial charge in [-0.1, -0.05) is 18.2 Å². The molecule has 96 valence electrons. The van der Waals surface area contributed by atoms with Gasteiger partial charge in [-0.25, -0.2) is 4.68 Å². The van der Waals surface area contributed by atoms with E-state index in [0.29, 0.717) is 0 Å². The van der Waals surface area contributed by atoms with Gasteiger partial charge in [0.05, 0.1) is 12.1 Å². The third-order valence-electron chi connectivity index (χ3n) is 3.21. The molecule has 4 atom stereocenters. The smallest absolute Gasteiger partial charge is 0.179 e. The van der Waals surface area contributed by atoms with E-state index in [1.54, 1.807) is 6.20 Å². The van der Waals surface area contributed by atoms with Crippen LogP contribution < -0.4 is 0 Å². The summed E-state index contributed by atoms with van der Waals surface area (Å²) in [6.45, 7) is -0.338. The van der Waals surface area contributed by atoms with Crippen molar-refractivity contribution in [3.05, 3.63) is 30.5 Å². The van der Waals surface area contributed by atoms with Crippen molar-refractivity contribution in [2.24, 2.45) is 0 Å². The Morgan fingerprint density at radius 2 is 2.00 bits per heavy atom. The Labute approximate surface area is 103 Å². The van der Waals surface area contributed by atoms with Gasteiger partial charge < -0.3 is 20.1 Å². The van der Waals surface area contributed by atoms with Crippen LogP contribution in [0.2, 0.25) is 0 Å². The minimum atomic E-state index is -1.10. The van der Waals surface area contributed by atoms with Crippen LogP contribution in [0.25, 0.3) is 10.9 Å². The molecule has 1 saturated heterocycles. The van der Waals surface area contributed by atoms with Crippen molar-refractivity contribution >= 4 is 10.9 Å². The van der Waals surface area contributed by atoms with Crippen LogP contribution in [0.15, 0.2) is 30.5 Å². The van der Waals surface area contributed by atoms with Gasteiger partial charge in [-0.05, 0) is 6.07 Å². The number of fused-ring (bicyclic) bond motifs is 1. The number of ether oxygens (including phenoxy) is 1. The van der Waals surface area contributed by atoms with Crippen molar-refractivity contribution < 1.29 is 20.1 Å². The average Bonchev–Trinajstić information content (AvgIpc) is 2.92. The Morgan fingerprint density at radius 3 is 2.67 bits per heavy atom. The lowest BCUT2D eigenvalue weighted by Gasteiger charge is -2.14. The highest BCUT2D eigenvalue weighted by atomic mass is 16.6. The SMILES string of the molecule is OCC1OC(n2cc3ccccc3n2)C(O)C1O. The lowest BCUT2D eigenvalue weighted by Crippen LogP contribution is -2.33. The predicted octanol–water partition coefficient (Wildman–Crippen LogP) is -0.352. The van der Waals surface area contributed by atoms with Crippen LogP contribution >= 0.6 is 0 Å². The summed E-state index contributed by atoms with van der Waals surface area (Å²) >= 11 is 0. The molecular weight excluding hydrogens is 236 g/mol. The van der Waals surface area contributed by atoms with Gasteiger partial charge in [0.25, 0.3) is 0 Å². The molecule has 1 aliphatic heterocycles. The van der Waals surface area contributed by atoms with Crippen LogP contribution in [0, 0.1) is 0 Å². The fourth-order valence-electron chi connectivity index (χ4n) is 2.21. The van der Waals surface area contributed by atoms with Gasteiger partial charge in [-0.2, -0.15) is 5.10 Å². The maximum absolute atomic E-state index is 9.89. The largest absolute Gasteiger partial charge is 0.394 e. The monoisotopic (exact) mass is 250 g/mol. The summed E-state index contributed by atoms with van der Waals surface area (Å²) in [5.74, 6) is 0. The molecular formula is C12H14N2O4. The molecule has 1 aliphatic rings. The molecule has 3 N–H and O–H groups in total. The Morgan fingerprint density at radius 1 is 1.22 bits per heavy atom. The Hall–Kier alpha value is -1.47. The number of nitrogens with zero attached hydrogens (tertiary/aromatic N) is 2. The lowest BCUT2D eigenvalue weighted by atomic mass is 10.1. The number of hydrogen-bond acceptors (Lipinski definition) is 5. The number of aromatic nitrogens is 2. The number of rotatable bonds is 2. The number of benzene rings is 1. The van der Waals surface area contributed by atoms with Gasteiger partial charge in [0, 0.05) is 11.6 Å². The second-order valence-electron chi connectivity index (χ2n) is 4.40. The summed E-state index contributed by atoms with van der Waals surface area (Å²) in [5.41, 5.74) is 0.787. The zero-order chi connectivity index (χ0) is 12.7. The average molecular weight is 250 g/mol. The van der Waals surface area contributed by atoms with Gasteiger partial charge >= 0.3 is 0 Å². The molecule has 6 nitrogen and oxygen atoms in total. The first-order chi connectivity index (χ1) is 8.70. The van der Waals surface area contributed by atoms with Crippen molar-refractivity contribution in [2.75, 3.05) is 6.61 Å². The van der Waals surface area contributed by atoms with E-state index in [0.717, 1.165) is 10.9 Å². The van der Waals surface area contributed by atoms with Crippen LogP contribution in [-0.4, -0.2) is 50.0 Å². The lowest BCUT2D eigenvalue weighted by molar-refractivity contribution is -0.0582. The van der Waals surface area contributed by atoms with Crippen molar-refractivity contribution in [2.45, 2.75) is 24.5 Å². The first-order valence-corrected chi connectivity index (χ1v) is 5.77. The van der Waals surface area contributed by atoms with Gasteiger partial charge in [0.1, 0.15) is 18.3 Å². The standard InChI is InChI=1S/C12H14N2O4/c15-6-9-10(16)11(17)12(18-9)14-5-7-3-1-2-4-8(7)13-14/h1-5,9-12,15-17H,6H2. The number of aliphatic hydroxyl groups excluding tert-OH is 3. The Balaban J connectivity index is 1.95. The fourth-order valence-corrected chi connectivity index (χ4v) is 2.21. The zero-order valence-electron chi connectivity index (χ0n) is 9.55. The fraction of sp³-hybridized carbons (Fsp3) is 0.417. The third-order valence-corrected chi connectivity index (χ3v) is 3.21. The molecule has 1 aromatic carbocycles. The van der Waals surface area contributed by atoms with E-state index >= 15 is 0 Å². The molecule has 0 radical (unpaired) electrons. The van der Waals surface area contributed by atoms with Crippen LogP contribution in [-0.2, 0) is 4.74 Å². The predicted molar refractivity (Wildman–Crippen MR) is 62.7 cm³/mol. The highest BCUT2D eigenvalue weighted by Crippen LogP contribution is 2.29. The topological polar surface area (TPSA) is 87.7 Å². The van der Waals surface area contributed by atoms with E-state index in [1.165, 1.54) is 4.68 Å². The summed E-state index contributed by atoms with van der Waals surface area (Å²) in [7, 11) is 0. The molecule has 2 aromatic rings. The van der Waals surface area contributed by atoms with E-state index in [4.69, 9.17) is 9.84 Å². The van der Waals surface area contributed by atoms with Crippen molar-refractivity contribution in [3.8, 4) is 0 Å². The quantitative estimate of drug-likeness (QED) is 0.678. The summed E-state index contributed by atoms with van der Waals surface area (Å²) in [6, 6.07) is 7.52. The molecule has 3 rings (SSSR count). The van der Waals surface area contributed by atoms with E-state index in [1.807, 2.05) is 24.3 Å². The summed E-state index contributed by atoms with van der Waals surface area (Å²) in [5, 5.41) is 33.8. The minimum Gasteiger partial charge on any atom is -0.394 e. The molecule has 6 heteroatoms. The molecule has 4 unspecified atom stereocenters. The summed E-state index contributed by atoms with van der Waals surface area (Å²) in [4.78, 5) is 0. The highest BCUT2D eigenvalue weighted by molar-refractivity contribution is 5.77. The third kappa shape index (κ3) is 1.70. The second kappa shape index (κ2) is 4.33. The molecule has 0 aliphatic carbocycles. The van der Waals surface area contributed by atoms with Gasteiger partial charge in [0.15, 0.2) is 6.23 Å². The normalized spacial score (nSPS) is 32.2. The zero-order valence-corrected chi connectivity index (χ0v) is 9.55. The first-order valence-electron chi connectivity index (χ1n) is 5.77. The molecule has 1 fully saturated rings. The maximum Gasteiger partial charge on any atom is 0.179 e. The van der Waals surface area contributed by atoms with Crippen molar-refractivity contribution in [1.29, 1.82) is 0 Å². The van der Waals surface area contributed by atoms with Gasteiger partial charge in [-0.3, -0.25) is 0 Å². The Kier molecular flexibility index (Phi) is 2.79. The van der Waals surface area contributed by atoms with Gasteiger partial charge in [0.2, 0.25) is 0 Å². The molecule has 0 saturated carbocycles. The highest BCUT2D eigenvalue weighted by Gasteiger charge is 2.43. The van der Waals surface area contributed by atoms with Crippen LogP contribution in [0.4, 0.5) is 0 Å². The summed E-state index contributed by atoms with van der Waals surface area (Å²) in [6.07, 6.45) is -2.01. The Bertz CT molecular complexity index is 523. The summed E-state index contributed by atoms with van der Waals surface area (Å²) < 4.78 is 6.88. The van der Waals surface area contributed by atoms with Crippen molar-refractivity contribution in [1.82, 2.24) is 9.78 Å². The molecule has 0 amide bonds. The number of aliphatic hydroxyl groups is 3. The molecule has 2 heterocycles. The first kappa shape index (κ1) is 11.6. The van der Waals surface area contributed by atoms with E-state index < -0.39 is 24.5 Å².